The van der Waals surface area contributed by atoms with Crippen LogP contribution < -0.4 is 10.6 Å². The molecule has 0 aliphatic heterocycles. The number of carbonyl (C=O) groups is 2. The van der Waals surface area contributed by atoms with Crippen molar-refractivity contribution in [2.24, 2.45) is 0 Å². The second-order valence-electron chi connectivity index (χ2n) is 13.6. The van der Waals surface area contributed by atoms with Crippen LogP contribution in [0.15, 0.2) is 49.0 Å². The van der Waals surface area contributed by atoms with Crippen molar-refractivity contribution in [1.29, 1.82) is 0 Å². The lowest BCUT2D eigenvalue weighted by Crippen LogP contribution is -2.48. The lowest BCUT2D eigenvalue weighted by molar-refractivity contribution is -0.129. The number of carbonyl (C=O) groups excluding carboxylic acids is 2. The number of aromatic nitrogens is 2. The Morgan fingerprint density at radius 1 is 0.646 bits per heavy atom. The third-order valence-corrected chi connectivity index (χ3v) is 8.96. The first-order valence-corrected chi connectivity index (χ1v) is 20.2. The van der Waals surface area contributed by atoms with Crippen molar-refractivity contribution in [2.45, 2.75) is 193 Å². The summed E-state index contributed by atoms with van der Waals surface area (Å²) in [6.07, 6.45) is 48.7. The van der Waals surface area contributed by atoms with E-state index in [1.165, 1.54) is 116 Å². The lowest BCUT2D eigenvalue weighted by Gasteiger charge is -2.18. The molecule has 1 unspecified atom stereocenters. The van der Waals surface area contributed by atoms with Gasteiger partial charge in [-0.25, -0.2) is 4.98 Å². The van der Waals surface area contributed by atoms with Crippen LogP contribution in [0.5, 0.6) is 0 Å². The van der Waals surface area contributed by atoms with E-state index in [4.69, 9.17) is 0 Å². The van der Waals surface area contributed by atoms with Crippen LogP contribution in [0, 0.1) is 0 Å². The summed E-state index contributed by atoms with van der Waals surface area (Å²) in [7, 11) is 0. The number of amides is 2. The van der Waals surface area contributed by atoms with Crippen LogP contribution in [0.4, 0.5) is 0 Å². The molecule has 3 N–H and O–H groups in total. The number of H-pyrrole nitrogens is 1. The van der Waals surface area contributed by atoms with Crippen molar-refractivity contribution in [3.63, 3.8) is 0 Å². The van der Waals surface area contributed by atoms with Crippen molar-refractivity contribution in [2.75, 3.05) is 6.54 Å². The maximum atomic E-state index is 13.0. The maximum absolute atomic E-state index is 13.0. The summed E-state index contributed by atoms with van der Waals surface area (Å²) < 4.78 is 0. The van der Waals surface area contributed by atoms with E-state index in [-0.39, 0.29) is 11.8 Å². The van der Waals surface area contributed by atoms with Gasteiger partial charge in [-0.05, 0) is 70.6 Å². The number of hydrogen-bond acceptors (Lipinski definition) is 3. The molecule has 274 valence electrons. The number of imidazole rings is 1. The Hall–Kier alpha value is -2.63. The zero-order valence-corrected chi connectivity index (χ0v) is 31.3. The van der Waals surface area contributed by atoms with E-state index in [1.54, 1.807) is 12.5 Å². The largest absolute Gasteiger partial charge is 0.354 e. The summed E-state index contributed by atoms with van der Waals surface area (Å²) in [4.78, 5) is 32.9. The highest BCUT2D eigenvalue weighted by Gasteiger charge is 2.21. The highest BCUT2D eigenvalue weighted by atomic mass is 16.2. The third-order valence-electron chi connectivity index (χ3n) is 8.96. The van der Waals surface area contributed by atoms with Gasteiger partial charge in [0.15, 0.2) is 0 Å². The number of hydrogen-bond donors (Lipinski definition) is 3. The summed E-state index contributed by atoms with van der Waals surface area (Å²) in [5.74, 6) is -0.159. The molecule has 48 heavy (non-hydrogen) atoms. The number of allylic oxidation sites excluding steroid dienone is 6. The molecule has 0 saturated carbocycles. The van der Waals surface area contributed by atoms with Gasteiger partial charge in [0.25, 0.3) is 0 Å². The smallest absolute Gasteiger partial charge is 0.242 e. The molecular formula is C42H74N4O2. The summed E-state index contributed by atoms with van der Waals surface area (Å²) in [5, 5.41) is 6.05. The normalized spacial score (nSPS) is 12.5. The molecule has 0 aliphatic rings. The fourth-order valence-electron chi connectivity index (χ4n) is 5.89. The third kappa shape index (κ3) is 28.4. The second kappa shape index (κ2) is 34.2. The molecule has 0 saturated heterocycles. The van der Waals surface area contributed by atoms with E-state index < -0.39 is 6.04 Å². The molecular weight excluding hydrogens is 592 g/mol. The molecule has 2 amide bonds. The van der Waals surface area contributed by atoms with Gasteiger partial charge in [0.1, 0.15) is 6.04 Å². The first-order chi connectivity index (χ1) is 23.7. The fourth-order valence-corrected chi connectivity index (χ4v) is 5.89. The van der Waals surface area contributed by atoms with Crippen LogP contribution >= 0.6 is 0 Å². The molecule has 1 rings (SSSR count). The molecule has 0 spiro atoms. The van der Waals surface area contributed by atoms with Gasteiger partial charge in [0, 0.05) is 25.6 Å². The van der Waals surface area contributed by atoms with E-state index in [0.717, 1.165) is 50.6 Å². The topological polar surface area (TPSA) is 86.9 Å². The van der Waals surface area contributed by atoms with Crippen LogP contribution in [-0.4, -0.2) is 34.4 Å². The van der Waals surface area contributed by atoms with Crippen molar-refractivity contribution >= 4 is 11.8 Å². The Morgan fingerprint density at radius 2 is 1.12 bits per heavy atom. The van der Waals surface area contributed by atoms with E-state index in [1.807, 2.05) is 0 Å². The molecule has 1 atom stereocenters. The van der Waals surface area contributed by atoms with Crippen molar-refractivity contribution in [3.05, 3.63) is 54.7 Å². The quantitative estimate of drug-likeness (QED) is 0.0505. The Labute approximate surface area is 295 Å². The monoisotopic (exact) mass is 667 g/mol. The van der Waals surface area contributed by atoms with E-state index in [2.05, 4.69) is 70.9 Å². The van der Waals surface area contributed by atoms with Crippen molar-refractivity contribution < 1.29 is 9.59 Å². The Morgan fingerprint density at radius 3 is 1.69 bits per heavy atom. The summed E-state index contributed by atoms with van der Waals surface area (Å²) in [6.45, 7) is 5.16. The standard InChI is InChI=1S/C42H74N4O2/c1-3-5-7-9-11-13-15-17-19-21-23-25-27-29-31-33-35-44-42(48)40(36-39-37-43-38-45-39)46-41(47)34-32-30-28-26-24-22-20-18-16-14-12-10-8-6-4-2/h12,14,17-20,37-38,40H,3-11,13,15-16,21-36H2,1-2H3,(H,43,45)(H,44,48)(H,46,47)/b14-12-,19-17-,20-18?. The summed E-state index contributed by atoms with van der Waals surface area (Å²) in [5.41, 5.74) is 0.782. The number of unbranched alkanes of at least 4 members (excludes halogenated alkanes) is 20. The molecule has 0 aromatic carbocycles. The average molecular weight is 667 g/mol. The van der Waals surface area contributed by atoms with Gasteiger partial charge >= 0.3 is 0 Å². The minimum atomic E-state index is -0.590. The lowest BCUT2D eigenvalue weighted by atomic mass is 10.1. The van der Waals surface area contributed by atoms with Crippen LogP contribution in [-0.2, 0) is 16.0 Å². The van der Waals surface area contributed by atoms with Gasteiger partial charge in [-0.3, -0.25) is 9.59 Å². The van der Waals surface area contributed by atoms with Gasteiger partial charge < -0.3 is 15.6 Å². The molecule has 0 aliphatic carbocycles. The minimum absolute atomic E-state index is 0.0476. The van der Waals surface area contributed by atoms with Crippen molar-refractivity contribution in [1.82, 2.24) is 20.6 Å². The van der Waals surface area contributed by atoms with Crippen molar-refractivity contribution in [3.8, 4) is 0 Å². The maximum Gasteiger partial charge on any atom is 0.242 e. The van der Waals surface area contributed by atoms with Gasteiger partial charge in [-0.15, -0.1) is 0 Å². The van der Waals surface area contributed by atoms with Crippen LogP contribution in [0.25, 0.3) is 0 Å². The summed E-state index contributed by atoms with van der Waals surface area (Å²) in [6, 6.07) is -0.590. The van der Waals surface area contributed by atoms with Crippen LogP contribution in [0.2, 0.25) is 0 Å². The zero-order valence-electron chi connectivity index (χ0n) is 31.3. The van der Waals surface area contributed by atoms with Gasteiger partial charge in [0.2, 0.25) is 11.8 Å². The summed E-state index contributed by atoms with van der Waals surface area (Å²) >= 11 is 0. The zero-order chi connectivity index (χ0) is 34.6. The first kappa shape index (κ1) is 43.4. The molecule has 1 aromatic heterocycles. The number of nitrogens with one attached hydrogen (secondary N) is 3. The first-order valence-electron chi connectivity index (χ1n) is 20.2. The molecule has 0 fully saturated rings. The number of rotatable bonds is 34. The number of nitrogens with zero attached hydrogens (tertiary/aromatic N) is 1. The molecule has 0 bridgehead atoms. The van der Waals surface area contributed by atoms with E-state index in [9.17, 15) is 9.59 Å². The van der Waals surface area contributed by atoms with Gasteiger partial charge in [-0.2, -0.15) is 0 Å². The highest BCUT2D eigenvalue weighted by molar-refractivity contribution is 5.87. The Bertz CT molecular complexity index is 937. The SMILES string of the molecule is CCCCC/C=C\CC=CCCCCCCCC(=O)NC(Cc1c[nH]cn1)C(=O)NCCCCCCCC/C=C\CCCCCCCC. The Balaban J connectivity index is 2.11. The molecule has 6 heteroatoms. The van der Waals surface area contributed by atoms with E-state index >= 15 is 0 Å². The van der Waals surface area contributed by atoms with Crippen LogP contribution in [0.1, 0.15) is 186 Å². The molecule has 1 heterocycles. The number of aromatic amines is 1. The van der Waals surface area contributed by atoms with Crippen LogP contribution in [0.3, 0.4) is 0 Å². The minimum Gasteiger partial charge on any atom is -0.354 e. The predicted octanol–water partition coefficient (Wildman–Crippen LogP) is 11.4. The van der Waals surface area contributed by atoms with Gasteiger partial charge in [-0.1, -0.05) is 140 Å². The molecule has 1 aromatic rings. The van der Waals surface area contributed by atoms with E-state index in [0.29, 0.717) is 19.4 Å². The fraction of sp³-hybridized carbons (Fsp3) is 0.738. The van der Waals surface area contributed by atoms with Gasteiger partial charge in [0.05, 0.1) is 12.0 Å². The second-order valence-corrected chi connectivity index (χ2v) is 13.6. The predicted molar refractivity (Wildman–Crippen MR) is 206 cm³/mol. The Kier molecular flexibility index (Phi) is 31.0. The average Bonchev–Trinajstić information content (AvgIpc) is 3.60. The molecule has 6 nitrogen and oxygen atoms in total. The molecule has 0 radical (unpaired) electrons. The highest BCUT2D eigenvalue weighted by Crippen LogP contribution is 2.11.